The smallest absolute Gasteiger partial charge is 0.274 e. The molecule has 1 unspecified atom stereocenters. The van der Waals surface area contributed by atoms with E-state index < -0.39 is 28.3 Å². The van der Waals surface area contributed by atoms with Crippen LogP contribution >= 0.6 is 11.3 Å². The van der Waals surface area contributed by atoms with Gasteiger partial charge in [-0.05, 0) is 67.3 Å². The molecule has 3 aromatic rings. The average molecular weight is 463 g/mol. The fraction of sp³-hybridized carbons (Fsp3) is 0.227. The van der Waals surface area contributed by atoms with Gasteiger partial charge in [0.1, 0.15) is 22.3 Å². The number of carbonyl (C=O) groups excluding carboxylic acids is 1. The normalized spacial score (nSPS) is 12.2. The number of sulfonamides is 1. The standard InChI is InChI=1S/C22H23FN2O4S2/c1-3-29-20-12-6-17(7-13-20)16(2)24-21(26)15-25(19-10-8-18(23)9-11-19)31(27,28)22-5-4-14-30-22/h4-14,16H,3,15H2,1-2H3,(H,24,26). The fourth-order valence-corrected chi connectivity index (χ4v) is 5.49. The number of nitrogens with zero attached hydrogens (tertiary/aromatic N) is 1. The first-order chi connectivity index (χ1) is 14.8. The molecule has 9 heteroatoms. The largest absolute Gasteiger partial charge is 0.494 e. The second kappa shape index (κ2) is 9.93. The lowest BCUT2D eigenvalue weighted by molar-refractivity contribution is -0.120. The second-order valence-corrected chi connectivity index (χ2v) is 9.75. The molecule has 0 saturated carbocycles. The van der Waals surface area contributed by atoms with Crippen molar-refractivity contribution in [1.82, 2.24) is 5.32 Å². The molecule has 0 spiro atoms. The van der Waals surface area contributed by atoms with Gasteiger partial charge in [0.05, 0.1) is 18.3 Å². The van der Waals surface area contributed by atoms with Gasteiger partial charge in [-0.2, -0.15) is 0 Å². The van der Waals surface area contributed by atoms with Gasteiger partial charge in [0.2, 0.25) is 5.91 Å². The lowest BCUT2D eigenvalue weighted by Crippen LogP contribution is -2.41. The summed E-state index contributed by atoms with van der Waals surface area (Å²) in [6.45, 7) is 3.83. The van der Waals surface area contributed by atoms with Crippen LogP contribution in [-0.4, -0.2) is 27.5 Å². The van der Waals surface area contributed by atoms with E-state index in [1.165, 1.54) is 18.2 Å². The first-order valence-corrected chi connectivity index (χ1v) is 12.0. The number of thiophene rings is 1. The minimum atomic E-state index is -3.98. The number of halogens is 1. The third-order valence-electron chi connectivity index (χ3n) is 4.51. The Kier molecular flexibility index (Phi) is 7.29. The van der Waals surface area contributed by atoms with Gasteiger partial charge in [-0.1, -0.05) is 18.2 Å². The summed E-state index contributed by atoms with van der Waals surface area (Å²) >= 11 is 1.05. The van der Waals surface area contributed by atoms with Crippen LogP contribution in [0.3, 0.4) is 0 Å². The van der Waals surface area contributed by atoms with E-state index >= 15 is 0 Å². The molecule has 0 aliphatic rings. The Morgan fingerprint density at radius 3 is 2.39 bits per heavy atom. The number of amides is 1. The van der Waals surface area contributed by atoms with Crippen LogP contribution in [0.4, 0.5) is 10.1 Å². The summed E-state index contributed by atoms with van der Waals surface area (Å²) in [5.41, 5.74) is 1.06. The van der Waals surface area contributed by atoms with Gasteiger partial charge in [0.15, 0.2) is 0 Å². The number of rotatable bonds is 9. The van der Waals surface area contributed by atoms with Crippen molar-refractivity contribution in [2.75, 3.05) is 17.5 Å². The molecular weight excluding hydrogens is 439 g/mol. The molecule has 6 nitrogen and oxygen atoms in total. The predicted octanol–water partition coefficient (Wildman–Crippen LogP) is 4.36. The Morgan fingerprint density at radius 1 is 1.13 bits per heavy atom. The molecule has 0 radical (unpaired) electrons. The molecule has 0 bridgehead atoms. The van der Waals surface area contributed by atoms with Gasteiger partial charge in [0, 0.05) is 0 Å². The zero-order chi connectivity index (χ0) is 22.4. The number of hydrogen-bond acceptors (Lipinski definition) is 5. The Hall–Kier alpha value is -2.91. The SMILES string of the molecule is CCOc1ccc(C(C)NC(=O)CN(c2ccc(F)cc2)S(=O)(=O)c2cccs2)cc1. The highest BCUT2D eigenvalue weighted by atomic mass is 32.2. The Balaban J connectivity index is 1.79. The first kappa shape index (κ1) is 22.8. The maximum absolute atomic E-state index is 13.4. The highest BCUT2D eigenvalue weighted by Gasteiger charge is 2.28. The Bertz CT molecular complexity index is 1100. The van der Waals surface area contributed by atoms with E-state index in [1.54, 1.807) is 11.4 Å². The molecule has 3 rings (SSSR count). The van der Waals surface area contributed by atoms with Crippen molar-refractivity contribution in [3.05, 3.63) is 77.4 Å². The zero-order valence-corrected chi connectivity index (χ0v) is 18.8. The second-order valence-electron chi connectivity index (χ2n) is 6.71. The summed E-state index contributed by atoms with van der Waals surface area (Å²) in [6, 6.07) is 15.0. The molecule has 1 aromatic heterocycles. The quantitative estimate of drug-likeness (QED) is 0.513. The Morgan fingerprint density at radius 2 is 1.81 bits per heavy atom. The lowest BCUT2D eigenvalue weighted by Gasteiger charge is -2.24. The summed E-state index contributed by atoms with van der Waals surface area (Å²) in [4.78, 5) is 12.8. The molecule has 0 saturated heterocycles. The minimum Gasteiger partial charge on any atom is -0.494 e. The molecule has 1 atom stereocenters. The number of anilines is 1. The van der Waals surface area contributed by atoms with Crippen LogP contribution in [0.15, 0.2) is 70.3 Å². The van der Waals surface area contributed by atoms with Crippen molar-refractivity contribution in [3.63, 3.8) is 0 Å². The summed E-state index contributed by atoms with van der Waals surface area (Å²) < 4.78 is 46.1. The van der Waals surface area contributed by atoms with Crippen LogP contribution in [0.2, 0.25) is 0 Å². The lowest BCUT2D eigenvalue weighted by atomic mass is 10.1. The molecule has 0 aliphatic carbocycles. The van der Waals surface area contributed by atoms with Crippen molar-refractivity contribution < 1.29 is 22.3 Å². The van der Waals surface area contributed by atoms with Crippen LogP contribution in [0.1, 0.15) is 25.5 Å². The van der Waals surface area contributed by atoms with Crippen LogP contribution < -0.4 is 14.4 Å². The van der Waals surface area contributed by atoms with E-state index in [0.29, 0.717) is 6.61 Å². The monoisotopic (exact) mass is 462 g/mol. The first-order valence-electron chi connectivity index (χ1n) is 9.65. The van der Waals surface area contributed by atoms with Crippen molar-refractivity contribution in [2.45, 2.75) is 24.1 Å². The third kappa shape index (κ3) is 5.62. The van der Waals surface area contributed by atoms with E-state index in [1.807, 2.05) is 38.1 Å². The summed E-state index contributed by atoms with van der Waals surface area (Å²) in [7, 11) is -3.98. The summed E-state index contributed by atoms with van der Waals surface area (Å²) in [5, 5.41) is 4.46. The third-order valence-corrected chi connectivity index (χ3v) is 7.66. The summed E-state index contributed by atoms with van der Waals surface area (Å²) in [5.74, 6) is -0.245. The molecule has 0 aliphatic heterocycles. The van der Waals surface area contributed by atoms with Crippen molar-refractivity contribution in [1.29, 1.82) is 0 Å². The minimum absolute atomic E-state index is 0.101. The highest BCUT2D eigenvalue weighted by molar-refractivity contribution is 7.94. The molecule has 0 fully saturated rings. The zero-order valence-electron chi connectivity index (χ0n) is 17.1. The number of hydrogen-bond donors (Lipinski definition) is 1. The molecule has 1 heterocycles. The molecule has 2 aromatic carbocycles. The molecule has 31 heavy (non-hydrogen) atoms. The average Bonchev–Trinajstić information content (AvgIpc) is 3.29. The van der Waals surface area contributed by atoms with Crippen molar-refractivity contribution in [2.24, 2.45) is 0 Å². The molecule has 164 valence electrons. The van der Waals surface area contributed by atoms with Gasteiger partial charge >= 0.3 is 0 Å². The van der Waals surface area contributed by atoms with Crippen molar-refractivity contribution in [3.8, 4) is 5.75 Å². The molecule has 1 N–H and O–H groups in total. The van der Waals surface area contributed by atoms with Crippen LogP contribution in [-0.2, 0) is 14.8 Å². The predicted molar refractivity (Wildman–Crippen MR) is 119 cm³/mol. The van der Waals surface area contributed by atoms with Gasteiger partial charge in [-0.3, -0.25) is 9.10 Å². The van der Waals surface area contributed by atoms with E-state index in [0.717, 1.165) is 39.1 Å². The number of carbonyl (C=O) groups is 1. The van der Waals surface area contributed by atoms with Gasteiger partial charge in [-0.15, -0.1) is 11.3 Å². The fourth-order valence-electron chi connectivity index (χ4n) is 2.96. The van der Waals surface area contributed by atoms with E-state index in [4.69, 9.17) is 4.74 Å². The topological polar surface area (TPSA) is 75.7 Å². The summed E-state index contributed by atoms with van der Waals surface area (Å²) in [6.07, 6.45) is 0. The van der Waals surface area contributed by atoms with Crippen LogP contribution in [0.25, 0.3) is 0 Å². The molecule has 1 amide bonds. The van der Waals surface area contributed by atoms with Crippen molar-refractivity contribution >= 4 is 33.0 Å². The van der Waals surface area contributed by atoms with E-state index in [-0.39, 0.29) is 15.9 Å². The van der Waals surface area contributed by atoms with E-state index in [9.17, 15) is 17.6 Å². The van der Waals surface area contributed by atoms with E-state index in [2.05, 4.69) is 5.32 Å². The highest BCUT2D eigenvalue weighted by Crippen LogP contribution is 2.27. The van der Waals surface area contributed by atoms with Crippen LogP contribution in [0, 0.1) is 5.82 Å². The maximum Gasteiger partial charge on any atom is 0.274 e. The number of benzene rings is 2. The molecular formula is C22H23FN2O4S2. The van der Waals surface area contributed by atoms with Gasteiger partial charge in [-0.25, -0.2) is 12.8 Å². The Labute approximate surface area is 185 Å². The maximum atomic E-state index is 13.4. The number of ether oxygens (including phenoxy) is 1. The number of nitrogens with one attached hydrogen (secondary N) is 1. The van der Waals surface area contributed by atoms with Crippen LogP contribution in [0.5, 0.6) is 5.75 Å². The van der Waals surface area contributed by atoms with Gasteiger partial charge < -0.3 is 10.1 Å². The van der Waals surface area contributed by atoms with Gasteiger partial charge in [0.25, 0.3) is 10.0 Å².